The normalized spacial score (nSPS) is 53.6. The van der Waals surface area contributed by atoms with Crippen LogP contribution < -0.4 is 0 Å². The van der Waals surface area contributed by atoms with Gasteiger partial charge in [-0.3, -0.25) is 4.79 Å². The Balaban J connectivity index is 1.32. The van der Waals surface area contributed by atoms with Crippen LogP contribution in [0.25, 0.3) is 0 Å². The van der Waals surface area contributed by atoms with Gasteiger partial charge in [-0.15, -0.1) is 0 Å². The Hall–Kier alpha value is -0.710. The molecule has 190 valence electrons. The van der Waals surface area contributed by atoms with Crippen LogP contribution in [0.2, 0.25) is 0 Å². The van der Waals surface area contributed by atoms with Crippen molar-refractivity contribution in [2.45, 2.75) is 130 Å². The Bertz CT molecular complexity index is 965. The quantitative estimate of drug-likeness (QED) is 0.413. The first-order chi connectivity index (χ1) is 15.7. The zero-order chi connectivity index (χ0) is 24.7. The van der Waals surface area contributed by atoms with Crippen molar-refractivity contribution in [1.29, 1.82) is 0 Å². The fraction of sp³-hybridized carbons (Fsp3) is 0.900. The molecule has 1 spiro atoms. The smallest absolute Gasteiger partial charge is 0.138 e. The van der Waals surface area contributed by atoms with E-state index in [1.165, 1.54) is 12.8 Å². The predicted molar refractivity (Wildman–Crippen MR) is 132 cm³/mol. The lowest BCUT2D eigenvalue weighted by Crippen LogP contribution is -2.61. The standard InChI is InChI=1S/C30H46O4/c1-17(15-19(31)24-26(4,5)34-24)18-9-14-29(8)28(18,7)13-10-20-27(6)12-11-22(32)25(2,3)21(27)16-23-30(20,29)33-23/h10,17-19,21,23-24,31H,9,11-16H2,1-8H3. The van der Waals surface area contributed by atoms with E-state index in [-0.39, 0.29) is 51.2 Å². The van der Waals surface area contributed by atoms with Gasteiger partial charge in [0.25, 0.3) is 0 Å². The number of aliphatic hydroxyl groups is 1. The van der Waals surface area contributed by atoms with Crippen molar-refractivity contribution >= 4 is 5.78 Å². The lowest BCUT2D eigenvalue weighted by molar-refractivity contribution is -0.140. The number of ketones is 1. The van der Waals surface area contributed by atoms with E-state index in [0.29, 0.717) is 30.0 Å². The maximum Gasteiger partial charge on any atom is 0.138 e. The van der Waals surface area contributed by atoms with Gasteiger partial charge in [-0.25, -0.2) is 0 Å². The van der Waals surface area contributed by atoms with Crippen molar-refractivity contribution in [1.82, 2.24) is 0 Å². The molecule has 6 aliphatic rings. The molecule has 2 saturated heterocycles. The van der Waals surface area contributed by atoms with Gasteiger partial charge in [0.05, 0.1) is 17.8 Å². The number of aliphatic hydroxyl groups excluding tert-OH is 1. The first kappa shape index (κ1) is 23.7. The lowest BCUT2D eigenvalue weighted by Gasteiger charge is -2.61. The van der Waals surface area contributed by atoms with Gasteiger partial charge in [-0.2, -0.15) is 0 Å². The molecule has 5 fully saturated rings. The molecule has 6 rings (SSSR count). The molecule has 0 aromatic carbocycles. The summed E-state index contributed by atoms with van der Waals surface area (Å²) >= 11 is 0. The summed E-state index contributed by atoms with van der Waals surface area (Å²) in [5, 5.41) is 10.9. The molecule has 0 aromatic heterocycles. The Kier molecular flexibility index (Phi) is 4.58. The molecule has 4 heteroatoms. The van der Waals surface area contributed by atoms with E-state index in [0.717, 1.165) is 25.7 Å². The van der Waals surface area contributed by atoms with Gasteiger partial charge < -0.3 is 14.6 Å². The predicted octanol–water partition coefficient (Wildman–Crippen LogP) is 5.86. The van der Waals surface area contributed by atoms with Crippen molar-refractivity contribution < 1.29 is 19.4 Å². The second-order valence-corrected chi connectivity index (χ2v) is 14.8. The molecule has 0 amide bonds. The number of carbonyl (C=O) groups excluding carboxylic acids is 1. The first-order valence-electron chi connectivity index (χ1n) is 13.9. The molecule has 4 nitrogen and oxygen atoms in total. The lowest BCUT2D eigenvalue weighted by atomic mass is 9.41. The minimum absolute atomic E-state index is 0.0178. The number of Topliss-reactive ketones (excluding diaryl/α,β-unsaturated/α-hetero) is 1. The van der Waals surface area contributed by atoms with Crippen molar-refractivity contribution in [3.05, 3.63) is 11.6 Å². The third-order valence-electron chi connectivity index (χ3n) is 12.7. The molecule has 0 radical (unpaired) electrons. The first-order valence-corrected chi connectivity index (χ1v) is 13.9. The number of carbonyl (C=O) groups is 1. The van der Waals surface area contributed by atoms with Crippen LogP contribution >= 0.6 is 0 Å². The topological polar surface area (TPSA) is 62.4 Å². The van der Waals surface area contributed by atoms with Crippen LogP contribution in [0.4, 0.5) is 0 Å². The average Bonchev–Trinajstić information content (AvgIpc) is 3.59. The number of allylic oxidation sites excluding steroid dienone is 1. The molecule has 2 heterocycles. The molecule has 0 bridgehead atoms. The molecule has 0 aromatic rings. The number of rotatable bonds is 4. The zero-order valence-electron chi connectivity index (χ0n) is 22.7. The highest BCUT2D eigenvalue weighted by molar-refractivity contribution is 5.86. The summed E-state index contributed by atoms with van der Waals surface area (Å²) in [5.74, 6) is 1.82. The fourth-order valence-corrected chi connectivity index (χ4v) is 10.4. The van der Waals surface area contributed by atoms with Crippen molar-refractivity contribution in [2.24, 2.45) is 39.4 Å². The third kappa shape index (κ3) is 2.59. The molecular weight excluding hydrogens is 424 g/mol. The minimum Gasteiger partial charge on any atom is -0.390 e. The summed E-state index contributed by atoms with van der Waals surface area (Å²) in [7, 11) is 0. The Labute approximate surface area is 206 Å². The second kappa shape index (κ2) is 6.58. The molecule has 4 aliphatic carbocycles. The summed E-state index contributed by atoms with van der Waals surface area (Å²) in [4.78, 5) is 12.9. The van der Waals surface area contributed by atoms with E-state index in [4.69, 9.17) is 9.47 Å². The summed E-state index contributed by atoms with van der Waals surface area (Å²) < 4.78 is 12.6. The van der Waals surface area contributed by atoms with Crippen LogP contribution in [0.3, 0.4) is 0 Å². The summed E-state index contributed by atoms with van der Waals surface area (Å²) in [5.41, 5.74) is 1.28. The Morgan fingerprint density at radius 1 is 1.09 bits per heavy atom. The Morgan fingerprint density at radius 3 is 2.41 bits per heavy atom. The Morgan fingerprint density at radius 2 is 1.76 bits per heavy atom. The van der Waals surface area contributed by atoms with Gasteiger partial charge in [-0.1, -0.05) is 47.6 Å². The number of hydrogen-bond donors (Lipinski definition) is 1. The van der Waals surface area contributed by atoms with E-state index in [9.17, 15) is 9.90 Å². The largest absolute Gasteiger partial charge is 0.390 e. The average molecular weight is 471 g/mol. The molecule has 10 unspecified atom stereocenters. The van der Waals surface area contributed by atoms with Gasteiger partial charge in [-0.05, 0) is 86.5 Å². The van der Waals surface area contributed by atoms with Gasteiger partial charge in [0.2, 0.25) is 0 Å². The van der Waals surface area contributed by atoms with Crippen molar-refractivity contribution in [2.75, 3.05) is 0 Å². The maximum atomic E-state index is 12.9. The molecule has 1 N–H and O–H groups in total. The van der Waals surface area contributed by atoms with E-state index in [1.54, 1.807) is 5.57 Å². The summed E-state index contributed by atoms with van der Waals surface area (Å²) in [6.07, 6.45) is 9.42. The van der Waals surface area contributed by atoms with Gasteiger partial charge in [0.15, 0.2) is 0 Å². The van der Waals surface area contributed by atoms with Gasteiger partial charge in [0, 0.05) is 17.3 Å². The molecule has 34 heavy (non-hydrogen) atoms. The van der Waals surface area contributed by atoms with Crippen LogP contribution in [-0.4, -0.2) is 40.4 Å². The van der Waals surface area contributed by atoms with Crippen LogP contribution in [0.5, 0.6) is 0 Å². The van der Waals surface area contributed by atoms with E-state index >= 15 is 0 Å². The highest BCUT2D eigenvalue weighted by atomic mass is 16.6. The monoisotopic (exact) mass is 470 g/mol. The second-order valence-electron chi connectivity index (χ2n) is 14.8. The number of fused-ring (bicyclic) bond motifs is 3. The molecular formula is C30H46O4. The zero-order valence-corrected chi connectivity index (χ0v) is 22.7. The summed E-state index contributed by atoms with van der Waals surface area (Å²) in [6.45, 7) is 18.4. The van der Waals surface area contributed by atoms with E-state index < -0.39 is 0 Å². The summed E-state index contributed by atoms with van der Waals surface area (Å²) in [6, 6.07) is 0. The number of epoxide rings is 2. The van der Waals surface area contributed by atoms with E-state index in [2.05, 4.69) is 61.5 Å². The highest BCUT2D eigenvalue weighted by Crippen LogP contribution is 2.80. The van der Waals surface area contributed by atoms with Gasteiger partial charge in [0.1, 0.15) is 17.5 Å². The third-order valence-corrected chi connectivity index (χ3v) is 12.7. The number of ether oxygens (including phenoxy) is 2. The SMILES string of the molecule is CC(CC(O)C1OC1(C)C)C1CCC2(C)C1(C)CC=C1C3(C)CCC(=O)C(C)(C)C3CC3OC132. The molecule has 10 atom stereocenters. The van der Waals surface area contributed by atoms with Gasteiger partial charge >= 0.3 is 0 Å². The van der Waals surface area contributed by atoms with Crippen LogP contribution in [0, 0.1) is 39.4 Å². The van der Waals surface area contributed by atoms with Crippen LogP contribution in [0.1, 0.15) is 100 Å². The van der Waals surface area contributed by atoms with Crippen molar-refractivity contribution in [3.63, 3.8) is 0 Å². The molecule has 3 saturated carbocycles. The van der Waals surface area contributed by atoms with Crippen molar-refractivity contribution in [3.8, 4) is 0 Å². The highest BCUT2D eigenvalue weighted by Gasteiger charge is 2.81. The fourth-order valence-electron chi connectivity index (χ4n) is 10.4. The molecule has 2 aliphatic heterocycles. The van der Waals surface area contributed by atoms with E-state index in [1.807, 2.05) is 0 Å². The minimum atomic E-state index is -0.380. The van der Waals surface area contributed by atoms with Crippen LogP contribution in [-0.2, 0) is 14.3 Å². The van der Waals surface area contributed by atoms with Crippen LogP contribution in [0.15, 0.2) is 11.6 Å². The number of hydrogen-bond acceptors (Lipinski definition) is 4. The maximum absolute atomic E-state index is 12.9.